The zero-order valence-corrected chi connectivity index (χ0v) is 11.9. The van der Waals surface area contributed by atoms with Gasteiger partial charge in [-0.25, -0.2) is 14.2 Å². The number of aromatic amines is 1. The number of halogens is 1. The molecule has 4 nitrogen and oxygen atoms in total. The maximum atomic E-state index is 13.0. The highest BCUT2D eigenvalue weighted by Gasteiger charge is 2.07. The Morgan fingerprint density at radius 3 is 2.39 bits per heavy atom. The molecule has 0 amide bonds. The molecule has 23 heavy (non-hydrogen) atoms. The summed E-state index contributed by atoms with van der Waals surface area (Å²) >= 11 is 0. The lowest BCUT2D eigenvalue weighted by atomic mass is 10.1. The van der Waals surface area contributed by atoms with Crippen LogP contribution < -0.4 is 5.76 Å². The standard InChI is InChI=1S/C18H11FN2O2/c19-13-7-4-11(5-8-13)14-2-1-3-15(20-14)12-6-9-16-17(10-12)23-18(22)21-16/h1-10H,(H,21,22). The van der Waals surface area contributed by atoms with E-state index in [9.17, 15) is 9.18 Å². The molecule has 2 aromatic heterocycles. The molecular weight excluding hydrogens is 295 g/mol. The smallest absolute Gasteiger partial charge is 0.408 e. The number of aromatic nitrogens is 2. The number of rotatable bonds is 2. The summed E-state index contributed by atoms with van der Waals surface area (Å²) in [4.78, 5) is 18.4. The summed E-state index contributed by atoms with van der Waals surface area (Å²) in [6, 6.07) is 17.2. The van der Waals surface area contributed by atoms with Crippen molar-refractivity contribution >= 4 is 11.1 Å². The molecule has 2 aromatic carbocycles. The predicted octanol–water partition coefficient (Wildman–Crippen LogP) is 3.99. The molecule has 0 bridgehead atoms. The average Bonchev–Trinajstić information content (AvgIpc) is 2.95. The second-order valence-corrected chi connectivity index (χ2v) is 5.14. The Hall–Kier alpha value is -3.21. The van der Waals surface area contributed by atoms with Gasteiger partial charge in [-0.05, 0) is 48.5 Å². The number of pyridine rings is 1. The van der Waals surface area contributed by atoms with Gasteiger partial charge < -0.3 is 4.42 Å². The summed E-state index contributed by atoms with van der Waals surface area (Å²) in [7, 11) is 0. The molecule has 0 fully saturated rings. The predicted molar refractivity (Wildman–Crippen MR) is 85.5 cm³/mol. The molecule has 0 radical (unpaired) electrons. The molecule has 0 saturated heterocycles. The molecular formula is C18H11FN2O2. The quantitative estimate of drug-likeness (QED) is 0.609. The van der Waals surface area contributed by atoms with Gasteiger partial charge in [0.1, 0.15) is 5.82 Å². The SMILES string of the molecule is O=c1[nH]c2ccc(-c3cccc(-c4ccc(F)cc4)n3)cc2o1. The second kappa shape index (κ2) is 5.21. The summed E-state index contributed by atoms with van der Waals surface area (Å²) in [5.74, 6) is -0.761. The summed E-state index contributed by atoms with van der Waals surface area (Å²) < 4.78 is 18.1. The van der Waals surface area contributed by atoms with E-state index in [1.54, 1.807) is 24.3 Å². The van der Waals surface area contributed by atoms with Crippen molar-refractivity contribution in [3.8, 4) is 22.5 Å². The Balaban J connectivity index is 1.80. The third kappa shape index (κ3) is 2.53. The van der Waals surface area contributed by atoms with Crippen molar-refractivity contribution in [3.63, 3.8) is 0 Å². The number of H-pyrrole nitrogens is 1. The number of nitrogens with one attached hydrogen (secondary N) is 1. The van der Waals surface area contributed by atoms with Gasteiger partial charge in [0.05, 0.1) is 16.9 Å². The van der Waals surface area contributed by atoms with Crippen LogP contribution in [-0.2, 0) is 0 Å². The van der Waals surface area contributed by atoms with Gasteiger partial charge in [-0.2, -0.15) is 0 Å². The largest absolute Gasteiger partial charge is 0.417 e. The van der Waals surface area contributed by atoms with Gasteiger partial charge in [0.25, 0.3) is 0 Å². The van der Waals surface area contributed by atoms with Crippen molar-refractivity contribution in [2.24, 2.45) is 0 Å². The summed E-state index contributed by atoms with van der Waals surface area (Å²) in [6.45, 7) is 0. The Morgan fingerprint density at radius 2 is 1.61 bits per heavy atom. The van der Waals surface area contributed by atoms with E-state index in [1.807, 2.05) is 24.3 Å². The lowest BCUT2D eigenvalue weighted by Gasteiger charge is -2.05. The van der Waals surface area contributed by atoms with Crippen molar-refractivity contribution in [2.45, 2.75) is 0 Å². The highest BCUT2D eigenvalue weighted by atomic mass is 19.1. The molecule has 0 saturated carbocycles. The summed E-state index contributed by atoms with van der Waals surface area (Å²) in [5.41, 5.74) is 4.30. The zero-order valence-electron chi connectivity index (χ0n) is 11.9. The van der Waals surface area contributed by atoms with Crippen LogP contribution in [0.5, 0.6) is 0 Å². The number of benzene rings is 2. The number of nitrogens with zero attached hydrogens (tertiary/aromatic N) is 1. The molecule has 0 aliphatic carbocycles. The first-order valence-electron chi connectivity index (χ1n) is 7.05. The molecule has 0 unspecified atom stereocenters. The average molecular weight is 306 g/mol. The van der Waals surface area contributed by atoms with Crippen molar-refractivity contribution in [1.29, 1.82) is 0 Å². The monoisotopic (exact) mass is 306 g/mol. The number of hydrogen-bond acceptors (Lipinski definition) is 3. The molecule has 112 valence electrons. The van der Waals surface area contributed by atoms with Crippen LogP contribution in [0.1, 0.15) is 0 Å². The van der Waals surface area contributed by atoms with Gasteiger partial charge in [-0.1, -0.05) is 12.1 Å². The van der Waals surface area contributed by atoms with E-state index in [1.165, 1.54) is 12.1 Å². The first kappa shape index (κ1) is 13.5. The van der Waals surface area contributed by atoms with Crippen LogP contribution in [0.25, 0.3) is 33.6 Å². The third-order valence-electron chi connectivity index (χ3n) is 3.61. The van der Waals surface area contributed by atoms with Crippen LogP contribution in [0, 0.1) is 5.82 Å². The maximum Gasteiger partial charge on any atom is 0.417 e. The van der Waals surface area contributed by atoms with Crippen molar-refractivity contribution in [2.75, 3.05) is 0 Å². The minimum Gasteiger partial charge on any atom is -0.408 e. The minimum absolute atomic E-state index is 0.280. The molecule has 2 heterocycles. The van der Waals surface area contributed by atoms with E-state index in [0.29, 0.717) is 11.1 Å². The molecule has 1 N–H and O–H groups in total. The van der Waals surface area contributed by atoms with Gasteiger partial charge in [0.2, 0.25) is 0 Å². The maximum absolute atomic E-state index is 13.0. The number of fused-ring (bicyclic) bond motifs is 1. The third-order valence-corrected chi connectivity index (χ3v) is 3.61. The van der Waals surface area contributed by atoms with E-state index in [-0.39, 0.29) is 5.82 Å². The number of oxazole rings is 1. The van der Waals surface area contributed by atoms with Crippen LogP contribution in [0.15, 0.2) is 69.9 Å². The lowest BCUT2D eigenvalue weighted by molar-refractivity contribution is 0.555. The highest BCUT2D eigenvalue weighted by molar-refractivity contribution is 5.79. The van der Waals surface area contributed by atoms with Crippen LogP contribution in [0.4, 0.5) is 4.39 Å². The highest BCUT2D eigenvalue weighted by Crippen LogP contribution is 2.25. The van der Waals surface area contributed by atoms with Gasteiger partial charge in [0, 0.05) is 11.1 Å². The molecule has 0 atom stereocenters. The minimum atomic E-state index is -0.481. The van der Waals surface area contributed by atoms with E-state index in [0.717, 1.165) is 22.5 Å². The molecule has 4 aromatic rings. The normalized spacial score (nSPS) is 11.0. The topological polar surface area (TPSA) is 58.9 Å². The van der Waals surface area contributed by atoms with E-state index in [2.05, 4.69) is 9.97 Å². The van der Waals surface area contributed by atoms with Crippen LogP contribution in [-0.4, -0.2) is 9.97 Å². The molecule has 0 spiro atoms. The van der Waals surface area contributed by atoms with E-state index >= 15 is 0 Å². The van der Waals surface area contributed by atoms with E-state index < -0.39 is 5.76 Å². The molecule has 4 rings (SSSR count). The van der Waals surface area contributed by atoms with E-state index in [4.69, 9.17) is 4.42 Å². The van der Waals surface area contributed by atoms with Crippen LogP contribution in [0.3, 0.4) is 0 Å². The molecule has 5 heteroatoms. The van der Waals surface area contributed by atoms with Gasteiger partial charge in [-0.15, -0.1) is 0 Å². The fraction of sp³-hybridized carbons (Fsp3) is 0. The van der Waals surface area contributed by atoms with Crippen molar-refractivity contribution < 1.29 is 8.81 Å². The second-order valence-electron chi connectivity index (χ2n) is 5.14. The van der Waals surface area contributed by atoms with Gasteiger partial charge >= 0.3 is 5.76 Å². The lowest BCUT2D eigenvalue weighted by Crippen LogP contribution is -1.92. The first-order valence-corrected chi connectivity index (χ1v) is 7.05. The van der Waals surface area contributed by atoms with Gasteiger partial charge in [0.15, 0.2) is 5.58 Å². The summed E-state index contributed by atoms with van der Waals surface area (Å²) in [5, 5.41) is 0. The molecule has 0 aliphatic heterocycles. The fourth-order valence-corrected chi connectivity index (χ4v) is 2.48. The van der Waals surface area contributed by atoms with Crippen LogP contribution >= 0.6 is 0 Å². The Bertz CT molecular complexity index is 1050. The van der Waals surface area contributed by atoms with Crippen molar-refractivity contribution in [1.82, 2.24) is 9.97 Å². The zero-order chi connectivity index (χ0) is 15.8. The summed E-state index contributed by atoms with van der Waals surface area (Å²) in [6.07, 6.45) is 0. The fourth-order valence-electron chi connectivity index (χ4n) is 2.48. The Labute approximate surface area is 130 Å². The van der Waals surface area contributed by atoms with Crippen molar-refractivity contribution in [3.05, 3.63) is 77.0 Å². The first-order chi connectivity index (χ1) is 11.2. The Morgan fingerprint density at radius 1 is 0.913 bits per heavy atom. The van der Waals surface area contributed by atoms with Gasteiger partial charge in [-0.3, -0.25) is 4.98 Å². The Kier molecular flexibility index (Phi) is 3.05. The number of hydrogen-bond donors (Lipinski definition) is 1. The molecule has 0 aliphatic rings. The van der Waals surface area contributed by atoms with Crippen LogP contribution in [0.2, 0.25) is 0 Å².